The Morgan fingerprint density at radius 2 is 1.78 bits per heavy atom. The second kappa shape index (κ2) is 10.3. The minimum absolute atomic E-state index is 0.0164. The maximum Gasteiger partial charge on any atom is 0.225 e. The van der Waals surface area contributed by atoms with E-state index in [0.717, 1.165) is 59.4 Å². The van der Waals surface area contributed by atoms with Gasteiger partial charge in [0.1, 0.15) is 17.4 Å². The number of nitrogens with two attached hydrogens (primary N) is 1. The molecule has 3 N–H and O–H groups in total. The van der Waals surface area contributed by atoms with Crippen molar-refractivity contribution >= 4 is 28.3 Å². The zero-order chi connectivity index (χ0) is 26.1. The third-order valence-corrected chi connectivity index (χ3v) is 7.67. The van der Waals surface area contributed by atoms with E-state index in [9.17, 15) is 4.79 Å². The molecule has 1 atom stereocenters. The third kappa shape index (κ3) is 5.11. The average molecular weight is 490 g/mol. The first-order valence-electron chi connectivity index (χ1n) is 12.8. The van der Waals surface area contributed by atoms with Crippen LogP contribution in [-0.4, -0.2) is 42.0 Å². The zero-order valence-electron chi connectivity index (χ0n) is 22.6. The highest BCUT2D eigenvalue weighted by molar-refractivity contribution is 5.91. The number of nitrogen functional groups attached to an aromatic ring is 1. The molecule has 7 heteroatoms. The van der Waals surface area contributed by atoms with Gasteiger partial charge in [0.2, 0.25) is 5.91 Å². The quantitative estimate of drug-likeness (QED) is 0.433. The van der Waals surface area contributed by atoms with Gasteiger partial charge in [0.15, 0.2) is 0 Å². The van der Waals surface area contributed by atoms with Crippen LogP contribution in [-0.2, 0) is 4.79 Å². The minimum atomic E-state index is 0.0164. The summed E-state index contributed by atoms with van der Waals surface area (Å²) in [6.45, 7) is 8.27. The number of rotatable bonds is 6. The molecule has 0 radical (unpaired) electrons. The fraction of sp³-hybridized carbons (Fsp3) is 0.483. The summed E-state index contributed by atoms with van der Waals surface area (Å²) in [4.78, 5) is 23.7. The van der Waals surface area contributed by atoms with Gasteiger partial charge >= 0.3 is 0 Å². The molecule has 36 heavy (non-hydrogen) atoms. The molecule has 1 heterocycles. The Labute approximate surface area is 214 Å². The Morgan fingerprint density at radius 3 is 2.42 bits per heavy atom. The lowest BCUT2D eigenvalue weighted by atomic mass is 9.77. The van der Waals surface area contributed by atoms with Gasteiger partial charge < -0.3 is 20.7 Å². The van der Waals surface area contributed by atoms with E-state index >= 15 is 0 Å². The highest BCUT2D eigenvalue weighted by atomic mass is 16.5. The molecule has 7 nitrogen and oxygen atoms in total. The van der Waals surface area contributed by atoms with Crippen LogP contribution in [0.25, 0.3) is 10.9 Å². The molecule has 3 aromatic rings. The summed E-state index contributed by atoms with van der Waals surface area (Å²) in [6, 6.07) is 8.29. The first-order valence-corrected chi connectivity index (χ1v) is 12.8. The lowest BCUT2D eigenvalue weighted by molar-refractivity contribution is -0.134. The van der Waals surface area contributed by atoms with E-state index in [1.54, 1.807) is 12.0 Å². The smallest absolute Gasteiger partial charge is 0.225 e. The number of aromatic nitrogens is 2. The summed E-state index contributed by atoms with van der Waals surface area (Å²) in [5.41, 5.74) is 12.5. The molecule has 1 aliphatic rings. The molecule has 1 fully saturated rings. The molecule has 1 amide bonds. The van der Waals surface area contributed by atoms with Gasteiger partial charge in [-0.3, -0.25) is 4.79 Å². The standard InChI is InChI=1S/C29H39N5O2/c1-16-12-22(30)13-23(17(16)2)18(3)31-28-25-14-24(27(36-7)15-26(25)32-19(4)33-28)20-8-10-21(11-9-20)29(35)34(5)6/h12-15,18,20-21H,8-11,30H2,1-7H3,(H,31,32,33)/t18-,20?,21?/m0/s1. The summed E-state index contributed by atoms with van der Waals surface area (Å²) in [6.07, 6.45) is 3.70. The highest BCUT2D eigenvalue weighted by Gasteiger charge is 2.30. The molecular weight excluding hydrogens is 450 g/mol. The summed E-state index contributed by atoms with van der Waals surface area (Å²) < 4.78 is 5.82. The summed E-state index contributed by atoms with van der Waals surface area (Å²) >= 11 is 0. The molecule has 1 saturated carbocycles. The van der Waals surface area contributed by atoms with Crippen molar-refractivity contribution in [1.29, 1.82) is 0 Å². The number of amides is 1. The number of nitrogens with zero attached hydrogens (tertiary/aromatic N) is 3. The number of fused-ring (bicyclic) bond motifs is 1. The molecule has 1 aromatic heterocycles. The molecule has 192 valence electrons. The number of nitrogens with one attached hydrogen (secondary N) is 1. The number of aryl methyl sites for hydroxylation is 2. The Balaban J connectivity index is 1.69. The highest BCUT2D eigenvalue weighted by Crippen LogP contribution is 2.42. The van der Waals surface area contributed by atoms with Crippen LogP contribution in [0, 0.1) is 26.7 Å². The number of anilines is 2. The van der Waals surface area contributed by atoms with Gasteiger partial charge in [-0.2, -0.15) is 0 Å². The van der Waals surface area contributed by atoms with Crippen LogP contribution >= 0.6 is 0 Å². The molecule has 0 aliphatic heterocycles. The fourth-order valence-electron chi connectivity index (χ4n) is 5.56. The van der Waals surface area contributed by atoms with Gasteiger partial charge in [-0.1, -0.05) is 0 Å². The van der Waals surface area contributed by atoms with Crippen molar-refractivity contribution in [3.63, 3.8) is 0 Å². The maximum absolute atomic E-state index is 12.5. The molecule has 0 bridgehead atoms. The zero-order valence-corrected chi connectivity index (χ0v) is 22.6. The molecule has 0 saturated heterocycles. The molecule has 0 spiro atoms. The van der Waals surface area contributed by atoms with Crippen molar-refractivity contribution in [3.05, 3.63) is 52.3 Å². The molecule has 2 aromatic carbocycles. The lowest BCUT2D eigenvalue weighted by Gasteiger charge is -2.30. The predicted octanol–water partition coefficient (Wildman–Crippen LogP) is 5.68. The Bertz CT molecular complexity index is 1280. The largest absolute Gasteiger partial charge is 0.496 e. The van der Waals surface area contributed by atoms with Crippen molar-refractivity contribution in [3.8, 4) is 5.75 Å². The number of carbonyl (C=O) groups is 1. The van der Waals surface area contributed by atoms with Crippen LogP contribution in [0.15, 0.2) is 24.3 Å². The summed E-state index contributed by atoms with van der Waals surface area (Å²) in [7, 11) is 5.39. The van der Waals surface area contributed by atoms with Gasteiger partial charge in [-0.05, 0) is 99.7 Å². The molecule has 1 aliphatic carbocycles. The Morgan fingerprint density at radius 1 is 1.08 bits per heavy atom. The van der Waals surface area contributed by atoms with Gasteiger partial charge in [-0.15, -0.1) is 0 Å². The number of benzene rings is 2. The number of carbonyl (C=O) groups excluding carboxylic acids is 1. The van der Waals surface area contributed by atoms with Crippen molar-refractivity contribution < 1.29 is 9.53 Å². The summed E-state index contributed by atoms with van der Waals surface area (Å²) in [5.74, 6) is 3.04. The van der Waals surface area contributed by atoms with Crippen LogP contribution in [0.1, 0.15) is 72.6 Å². The topological polar surface area (TPSA) is 93.4 Å². The SMILES string of the molecule is COc1cc2nc(C)nc(N[C@@H](C)c3cc(N)cc(C)c3C)c2cc1C1CCC(C(=O)N(C)C)CC1. The van der Waals surface area contributed by atoms with E-state index in [4.69, 9.17) is 20.4 Å². The van der Waals surface area contributed by atoms with Crippen LogP contribution in [0.5, 0.6) is 5.75 Å². The normalized spacial score (nSPS) is 18.6. The third-order valence-electron chi connectivity index (χ3n) is 7.67. The Kier molecular flexibility index (Phi) is 7.38. The molecular formula is C29H39N5O2. The van der Waals surface area contributed by atoms with E-state index in [1.807, 2.05) is 39.2 Å². The van der Waals surface area contributed by atoms with Crippen LogP contribution in [0.3, 0.4) is 0 Å². The van der Waals surface area contributed by atoms with E-state index < -0.39 is 0 Å². The number of hydrogen-bond donors (Lipinski definition) is 2. The monoisotopic (exact) mass is 489 g/mol. The molecule has 0 unspecified atom stereocenters. The van der Waals surface area contributed by atoms with Crippen molar-refractivity contribution in [2.24, 2.45) is 5.92 Å². The first-order chi connectivity index (χ1) is 17.1. The second-order valence-electron chi connectivity index (χ2n) is 10.4. The number of hydrogen-bond acceptors (Lipinski definition) is 6. The van der Waals surface area contributed by atoms with Gasteiger partial charge in [0.05, 0.1) is 18.7 Å². The Hall–Kier alpha value is -3.35. The lowest BCUT2D eigenvalue weighted by Crippen LogP contribution is -2.32. The average Bonchev–Trinajstić information content (AvgIpc) is 2.84. The number of methoxy groups -OCH3 is 1. The van der Waals surface area contributed by atoms with E-state index in [-0.39, 0.29) is 17.9 Å². The second-order valence-corrected chi connectivity index (χ2v) is 10.4. The van der Waals surface area contributed by atoms with Crippen molar-refractivity contribution in [1.82, 2.24) is 14.9 Å². The number of ether oxygens (including phenoxy) is 1. The van der Waals surface area contributed by atoms with Gasteiger partial charge in [-0.25, -0.2) is 9.97 Å². The predicted molar refractivity (Wildman–Crippen MR) is 147 cm³/mol. The van der Waals surface area contributed by atoms with Gasteiger partial charge in [0.25, 0.3) is 0 Å². The first kappa shape index (κ1) is 25.7. The van der Waals surface area contributed by atoms with Crippen LogP contribution in [0.4, 0.5) is 11.5 Å². The van der Waals surface area contributed by atoms with E-state index in [1.165, 1.54) is 16.7 Å². The van der Waals surface area contributed by atoms with Crippen LogP contribution in [0.2, 0.25) is 0 Å². The summed E-state index contributed by atoms with van der Waals surface area (Å²) in [5, 5.41) is 4.62. The molecule has 4 rings (SSSR count). The van der Waals surface area contributed by atoms with E-state index in [0.29, 0.717) is 11.7 Å². The fourth-order valence-corrected chi connectivity index (χ4v) is 5.56. The van der Waals surface area contributed by atoms with Crippen molar-refractivity contribution in [2.75, 3.05) is 32.3 Å². The van der Waals surface area contributed by atoms with Gasteiger partial charge in [0, 0.05) is 37.2 Å². The maximum atomic E-state index is 12.5. The minimum Gasteiger partial charge on any atom is -0.496 e. The van der Waals surface area contributed by atoms with Crippen molar-refractivity contribution in [2.45, 2.75) is 65.3 Å². The van der Waals surface area contributed by atoms with Crippen LogP contribution < -0.4 is 15.8 Å². The van der Waals surface area contributed by atoms with E-state index in [2.05, 4.69) is 32.2 Å².